The van der Waals surface area contributed by atoms with Crippen LogP contribution in [0.15, 0.2) is 75.9 Å². The molecule has 4 rings (SSSR count). The Bertz CT molecular complexity index is 1210. The third-order valence-corrected chi connectivity index (χ3v) is 4.39. The summed E-state index contributed by atoms with van der Waals surface area (Å²) in [6.45, 7) is 0. The molecule has 3 aromatic carbocycles. The van der Waals surface area contributed by atoms with Crippen LogP contribution in [0.5, 0.6) is 17.2 Å². The van der Waals surface area contributed by atoms with Gasteiger partial charge in [-0.05, 0) is 53.6 Å². The number of aromatic hydroxyl groups is 2. The van der Waals surface area contributed by atoms with Crippen molar-refractivity contribution in [2.75, 3.05) is 7.11 Å². The molecule has 0 amide bonds. The fourth-order valence-electron chi connectivity index (χ4n) is 2.96. The zero-order valence-corrected chi connectivity index (χ0v) is 14.5. The highest BCUT2D eigenvalue weighted by molar-refractivity contribution is 5.84. The zero-order chi connectivity index (χ0) is 19.0. The molecule has 0 aliphatic carbocycles. The third-order valence-electron chi connectivity index (χ3n) is 4.39. The summed E-state index contributed by atoms with van der Waals surface area (Å²) in [5, 5.41) is 19.6. The predicted molar refractivity (Wildman–Crippen MR) is 103 cm³/mol. The monoisotopic (exact) mass is 360 g/mol. The molecule has 27 heavy (non-hydrogen) atoms. The number of hydrogen-bond acceptors (Lipinski definition) is 5. The molecule has 134 valence electrons. The summed E-state index contributed by atoms with van der Waals surface area (Å²) in [5.41, 5.74) is 2.56. The Morgan fingerprint density at radius 2 is 1.59 bits per heavy atom. The van der Waals surface area contributed by atoms with E-state index in [1.807, 2.05) is 30.3 Å². The zero-order valence-electron chi connectivity index (χ0n) is 14.5. The van der Waals surface area contributed by atoms with E-state index in [-0.39, 0.29) is 16.9 Å². The molecule has 5 nitrogen and oxygen atoms in total. The van der Waals surface area contributed by atoms with Crippen molar-refractivity contribution in [2.45, 2.75) is 0 Å². The van der Waals surface area contributed by atoms with Gasteiger partial charge in [-0.1, -0.05) is 18.2 Å². The summed E-state index contributed by atoms with van der Waals surface area (Å²) in [5.74, 6) is 0.549. The maximum Gasteiger partial charge on any atom is 0.193 e. The number of phenols is 2. The second-order valence-corrected chi connectivity index (χ2v) is 6.12. The summed E-state index contributed by atoms with van der Waals surface area (Å²) < 4.78 is 11.1. The van der Waals surface area contributed by atoms with E-state index in [0.717, 1.165) is 16.9 Å². The fraction of sp³-hybridized carbons (Fsp3) is 0.0455. The first-order chi connectivity index (χ1) is 13.0. The van der Waals surface area contributed by atoms with E-state index in [4.69, 9.17) is 9.15 Å². The summed E-state index contributed by atoms with van der Waals surface area (Å²) in [4.78, 5) is 12.6. The standard InChI is InChI=1S/C22H16O5/c1-26-16-4-2-3-13(9-16)14-6-8-21-17(10-14)19(24)12-22(27-21)15-5-7-18(23)20(25)11-15/h2-12,23,25H,1H3. The lowest BCUT2D eigenvalue weighted by Crippen LogP contribution is -2.00. The Hall–Kier alpha value is -3.73. The van der Waals surface area contributed by atoms with Crippen molar-refractivity contribution in [1.82, 2.24) is 0 Å². The summed E-state index contributed by atoms with van der Waals surface area (Å²) in [6.07, 6.45) is 0. The molecule has 1 aromatic heterocycles. The molecule has 0 unspecified atom stereocenters. The van der Waals surface area contributed by atoms with Gasteiger partial charge in [0.1, 0.15) is 17.1 Å². The summed E-state index contributed by atoms with van der Waals surface area (Å²) >= 11 is 0. The lowest BCUT2D eigenvalue weighted by molar-refractivity contribution is 0.404. The minimum atomic E-state index is -0.274. The van der Waals surface area contributed by atoms with Crippen LogP contribution in [0, 0.1) is 0 Å². The Kier molecular flexibility index (Phi) is 4.05. The van der Waals surface area contributed by atoms with Crippen molar-refractivity contribution in [3.05, 3.63) is 77.0 Å². The van der Waals surface area contributed by atoms with Crippen LogP contribution in [0.4, 0.5) is 0 Å². The van der Waals surface area contributed by atoms with Gasteiger partial charge in [0.25, 0.3) is 0 Å². The van der Waals surface area contributed by atoms with Crippen LogP contribution in [-0.2, 0) is 0 Å². The Balaban J connectivity index is 1.82. The van der Waals surface area contributed by atoms with Crippen LogP contribution in [0.25, 0.3) is 33.4 Å². The molecule has 0 aliphatic heterocycles. The first-order valence-corrected chi connectivity index (χ1v) is 8.30. The first-order valence-electron chi connectivity index (χ1n) is 8.30. The van der Waals surface area contributed by atoms with Gasteiger partial charge < -0.3 is 19.4 Å². The van der Waals surface area contributed by atoms with Crippen molar-refractivity contribution in [3.63, 3.8) is 0 Å². The maximum atomic E-state index is 12.6. The predicted octanol–water partition coefficient (Wildman–Crippen LogP) is 4.55. The van der Waals surface area contributed by atoms with Gasteiger partial charge in [0.15, 0.2) is 16.9 Å². The first kappa shape index (κ1) is 16.7. The van der Waals surface area contributed by atoms with Crippen LogP contribution in [-0.4, -0.2) is 17.3 Å². The molecule has 0 saturated heterocycles. The van der Waals surface area contributed by atoms with Crippen LogP contribution < -0.4 is 10.2 Å². The van der Waals surface area contributed by atoms with E-state index >= 15 is 0 Å². The van der Waals surface area contributed by atoms with Crippen molar-refractivity contribution in [1.29, 1.82) is 0 Å². The largest absolute Gasteiger partial charge is 0.504 e. The van der Waals surface area contributed by atoms with E-state index in [0.29, 0.717) is 22.3 Å². The highest BCUT2D eigenvalue weighted by Crippen LogP contribution is 2.32. The molecule has 0 aliphatic rings. The molecule has 0 atom stereocenters. The van der Waals surface area contributed by atoms with Crippen molar-refractivity contribution in [2.24, 2.45) is 0 Å². The van der Waals surface area contributed by atoms with Gasteiger partial charge in [0.2, 0.25) is 0 Å². The Labute approximate surface area is 154 Å². The van der Waals surface area contributed by atoms with Crippen LogP contribution in [0.2, 0.25) is 0 Å². The molecule has 0 spiro atoms. The number of benzene rings is 3. The van der Waals surface area contributed by atoms with E-state index in [9.17, 15) is 15.0 Å². The highest BCUT2D eigenvalue weighted by atomic mass is 16.5. The van der Waals surface area contributed by atoms with Gasteiger partial charge in [-0.15, -0.1) is 0 Å². The number of methoxy groups -OCH3 is 1. The van der Waals surface area contributed by atoms with Gasteiger partial charge in [0.05, 0.1) is 12.5 Å². The molecule has 0 fully saturated rings. The molecule has 0 saturated carbocycles. The van der Waals surface area contributed by atoms with Gasteiger partial charge in [0, 0.05) is 11.6 Å². The van der Waals surface area contributed by atoms with Gasteiger partial charge in [-0.25, -0.2) is 0 Å². The molecule has 4 aromatic rings. The van der Waals surface area contributed by atoms with Crippen molar-refractivity contribution in [3.8, 4) is 39.7 Å². The van der Waals surface area contributed by atoms with Crippen LogP contribution in [0.1, 0.15) is 0 Å². The van der Waals surface area contributed by atoms with Gasteiger partial charge >= 0.3 is 0 Å². The summed E-state index contributed by atoms with van der Waals surface area (Å²) in [7, 11) is 1.61. The molecule has 1 heterocycles. The second kappa shape index (κ2) is 6.53. The number of phenolic OH excluding ortho intramolecular Hbond substituents is 2. The Morgan fingerprint density at radius 1 is 0.815 bits per heavy atom. The minimum Gasteiger partial charge on any atom is -0.504 e. The average Bonchev–Trinajstić information content (AvgIpc) is 2.70. The highest BCUT2D eigenvalue weighted by Gasteiger charge is 2.11. The number of ether oxygens (including phenoxy) is 1. The molecular weight excluding hydrogens is 344 g/mol. The third kappa shape index (κ3) is 3.11. The lowest BCUT2D eigenvalue weighted by Gasteiger charge is -2.08. The molecular formula is C22H16O5. The minimum absolute atomic E-state index is 0.191. The van der Waals surface area contributed by atoms with E-state index in [1.54, 1.807) is 25.3 Å². The number of hydrogen-bond donors (Lipinski definition) is 2. The van der Waals surface area contributed by atoms with Crippen LogP contribution >= 0.6 is 0 Å². The fourth-order valence-corrected chi connectivity index (χ4v) is 2.96. The number of rotatable bonds is 3. The van der Waals surface area contributed by atoms with Gasteiger partial charge in [-0.3, -0.25) is 4.79 Å². The Morgan fingerprint density at radius 3 is 2.37 bits per heavy atom. The van der Waals surface area contributed by atoms with E-state index in [2.05, 4.69) is 0 Å². The quantitative estimate of drug-likeness (QED) is 0.524. The molecule has 0 radical (unpaired) electrons. The molecule has 2 N–H and O–H groups in total. The molecule has 0 bridgehead atoms. The summed E-state index contributed by atoms with van der Waals surface area (Å²) in [6, 6.07) is 18.6. The lowest BCUT2D eigenvalue weighted by atomic mass is 10.0. The van der Waals surface area contributed by atoms with Crippen LogP contribution in [0.3, 0.4) is 0 Å². The normalized spacial score (nSPS) is 10.9. The number of fused-ring (bicyclic) bond motifs is 1. The smallest absolute Gasteiger partial charge is 0.193 e. The van der Waals surface area contributed by atoms with Crippen molar-refractivity contribution < 1.29 is 19.4 Å². The topological polar surface area (TPSA) is 79.9 Å². The van der Waals surface area contributed by atoms with Gasteiger partial charge in [-0.2, -0.15) is 0 Å². The van der Waals surface area contributed by atoms with E-state index < -0.39 is 0 Å². The SMILES string of the molecule is COc1cccc(-c2ccc3oc(-c4ccc(O)c(O)c4)cc(=O)c3c2)c1. The second-order valence-electron chi connectivity index (χ2n) is 6.12. The van der Waals surface area contributed by atoms with Crippen molar-refractivity contribution >= 4 is 11.0 Å². The maximum absolute atomic E-state index is 12.6. The van der Waals surface area contributed by atoms with E-state index in [1.165, 1.54) is 18.2 Å². The average molecular weight is 360 g/mol. The molecule has 5 heteroatoms.